The predicted octanol–water partition coefficient (Wildman–Crippen LogP) is 1.92. The molecule has 2 aromatic rings. The van der Waals surface area contributed by atoms with Crippen molar-refractivity contribution < 1.29 is 0 Å². The zero-order valence-corrected chi connectivity index (χ0v) is 10.7. The Morgan fingerprint density at radius 3 is 2.78 bits per heavy atom. The number of rotatable bonds is 3. The van der Waals surface area contributed by atoms with E-state index in [0.717, 1.165) is 17.0 Å². The molecule has 0 amide bonds. The molecule has 0 saturated heterocycles. The summed E-state index contributed by atoms with van der Waals surface area (Å²) in [7, 11) is 1.89. The molecule has 2 aromatic heterocycles. The van der Waals surface area contributed by atoms with E-state index in [2.05, 4.69) is 21.5 Å². The molecule has 0 aliphatic heterocycles. The zero-order chi connectivity index (χ0) is 13.1. The van der Waals surface area contributed by atoms with Gasteiger partial charge in [-0.05, 0) is 26.0 Å². The number of nitrogens with one attached hydrogen (secondary N) is 1. The highest BCUT2D eigenvalue weighted by Crippen LogP contribution is 2.14. The molecule has 0 spiro atoms. The summed E-state index contributed by atoms with van der Waals surface area (Å²) in [4.78, 5) is 4.33. The number of nitriles is 1. The van der Waals surface area contributed by atoms with Crippen molar-refractivity contribution in [3.05, 3.63) is 40.8 Å². The first-order chi connectivity index (χ1) is 8.60. The molecule has 0 aromatic carbocycles. The van der Waals surface area contributed by atoms with Crippen molar-refractivity contribution in [2.24, 2.45) is 7.05 Å². The van der Waals surface area contributed by atoms with Gasteiger partial charge in [0.05, 0.1) is 11.3 Å². The van der Waals surface area contributed by atoms with E-state index in [1.807, 2.05) is 33.2 Å². The fourth-order valence-electron chi connectivity index (χ4n) is 1.78. The van der Waals surface area contributed by atoms with Gasteiger partial charge in [-0.1, -0.05) is 0 Å². The Labute approximate surface area is 106 Å². The van der Waals surface area contributed by atoms with Gasteiger partial charge in [0.2, 0.25) is 0 Å². The molecule has 0 bridgehead atoms. The summed E-state index contributed by atoms with van der Waals surface area (Å²) >= 11 is 0. The SMILES string of the molecule is Cc1ccc(C#N)c(NCc2cn(C)nc2C)n1. The molecule has 2 heterocycles. The fourth-order valence-corrected chi connectivity index (χ4v) is 1.78. The summed E-state index contributed by atoms with van der Waals surface area (Å²) in [6.07, 6.45) is 1.96. The molecule has 0 aliphatic rings. The number of aromatic nitrogens is 3. The largest absolute Gasteiger partial charge is 0.365 e. The number of hydrogen-bond acceptors (Lipinski definition) is 4. The van der Waals surface area contributed by atoms with Crippen molar-refractivity contribution in [3.8, 4) is 6.07 Å². The van der Waals surface area contributed by atoms with E-state index < -0.39 is 0 Å². The normalized spacial score (nSPS) is 10.1. The fraction of sp³-hybridized carbons (Fsp3) is 0.308. The third kappa shape index (κ3) is 2.48. The highest BCUT2D eigenvalue weighted by Gasteiger charge is 2.06. The van der Waals surface area contributed by atoms with Crippen LogP contribution in [0.2, 0.25) is 0 Å². The van der Waals surface area contributed by atoms with Crippen LogP contribution in [0.3, 0.4) is 0 Å². The van der Waals surface area contributed by atoms with Gasteiger partial charge in [-0.3, -0.25) is 4.68 Å². The maximum atomic E-state index is 9.02. The molecule has 18 heavy (non-hydrogen) atoms. The first-order valence-corrected chi connectivity index (χ1v) is 5.71. The summed E-state index contributed by atoms with van der Waals surface area (Å²) in [5, 5.41) is 16.5. The van der Waals surface area contributed by atoms with Crippen LogP contribution in [-0.4, -0.2) is 14.8 Å². The minimum atomic E-state index is 0.558. The maximum absolute atomic E-state index is 9.02. The van der Waals surface area contributed by atoms with E-state index in [9.17, 15) is 0 Å². The summed E-state index contributed by atoms with van der Waals surface area (Å²) in [6.45, 7) is 4.48. The van der Waals surface area contributed by atoms with Gasteiger partial charge in [-0.15, -0.1) is 0 Å². The Morgan fingerprint density at radius 2 is 2.17 bits per heavy atom. The van der Waals surface area contributed by atoms with Gasteiger partial charge in [0.25, 0.3) is 0 Å². The average molecular weight is 241 g/mol. The second-order valence-electron chi connectivity index (χ2n) is 4.23. The third-order valence-corrected chi connectivity index (χ3v) is 2.72. The molecular weight excluding hydrogens is 226 g/mol. The van der Waals surface area contributed by atoms with E-state index in [1.54, 1.807) is 10.7 Å². The van der Waals surface area contributed by atoms with Crippen molar-refractivity contribution in [1.82, 2.24) is 14.8 Å². The van der Waals surface area contributed by atoms with Crippen molar-refractivity contribution in [1.29, 1.82) is 5.26 Å². The topological polar surface area (TPSA) is 66.5 Å². The lowest BCUT2D eigenvalue weighted by Crippen LogP contribution is -2.04. The van der Waals surface area contributed by atoms with E-state index >= 15 is 0 Å². The van der Waals surface area contributed by atoms with Gasteiger partial charge < -0.3 is 5.32 Å². The zero-order valence-electron chi connectivity index (χ0n) is 10.7. The molecule has 0 radical (unpaired) electrons. The summed E-state index contributed by atoms with van der Waals surface area (Å²) in [6, 6.07) is 5.74. The van der Waals surface area contributed by atoms with Crippen LogP contribution in [0.15, 0.2) is 18.3 Å². The summed E-state index contributed by atoms with van der Waals surface area (Å²) in [5.74, 6) is 0.626. The predicted molar refractivity (Wildman–Crippen MR) is 69.0 cm³/mol. The highest BCUT2D eigenvalue weighted by atomic mass is 15.3. The molecule has 0 saturated carbocycles. The molecule has 2 rings (SSSR count). The van der Waals surface area contributed by atoms with Crippen LogP contribution in [-0.2, 0) is 13.6 Å². The van der Waals surface area contributed by atoms with Gasteiger partial charge >= 0.3 is 0 Å². The Morgan fingerprint density at radius 1 is 1.39 bits per heavy atom. The van der Waals surface area contributed by atoms with Crippen molar-refractivity contribution >= 4 is 5.82 Å². The Hall–Kier alpha value is -2.35. The minimum absolute atomic E-state index is 0.558. The molecule has 92 valence electrons. The molecule has 1 N–H and O–H groups in total. The lowest BCUT2D eigenvalue weighted by molar-refractivity contribution is 0.756. The molecule has 0 fully saturated rings. The highest BCUT2D eigenvalue weighted by molar-refractivity contribution is 5.52. The summed E-state index contributed by atoms with van der Waals surface area (Å²) in [5.41, 5.74) is 3.53. The van der Waals surface area contributed by atoms with Gasteiger partial charge in [-0.25, -0.2) is 4.98 Å². The molecule has 5 heteroatoms. The third-order valence-electron chi connectivity index (χ3n) is 2.72. The number of nitrogens with zero attached hydrogens (tertiary/aromatic N) is 4. The smallest absolute Gasteiger partial charge is 0.144 e. The molecule has 5 nitrogen and oxygen atoms in total. The lowest BCUT2D eigenvalue weighted by atomic mass is 10.2. The van der Waals surface area contributed by atoms with E-state index in [-0.39, 0.29) is 0 Å². The number of anilines is 1. The van der Waals surface area contributed by atoms with Gasteiger partial charge in [0.15, 0.2) is 0 Å². The summed E-state index contributed by atoms with van der Waals surface area (Å²) < 4.78 is 1.78. The van der Waals surface area contributed by atoms with Crippen molar-refractivity contribution in [3.63, 3.8) is 0 Å². The number of aryl methyl sites for hydroxylation is 3. The molecular formula is C13H15N5. The van der Waals surface area contributed by atoms with Crippen molar-refractivity contribution in [2.45, 2.75) is 20.4 Å². The van der Waals surface area contributed by atoms with Crippen molar-refractivity contribution in [2.75, 3.05) is 5.32 Å². The van der Waals surface area contributed by atoms with Crippen LogP contribution in [0.4, 0.5) is 5.82 Å². The van der Waals surface area contributed by atoms with Gasteiger partial charge in [-0.2, -0.15) is 10.4 Å². The average Bonchev–Trinajstić information content (AvgIpc) is 2.65. The quantitative estimate of drug-likeness (QED) is 0.891. The molecule has 0 atom stereocenters. The second kappa shape index (κ2) is 4.88. The van der Waals surface area contributed by atoms with Crippen LogP contribution in [0.5, 0.6) is 0 Å². The standard InChI is InChI=1S/C13H15N5/c1-9-4-5-11(6-14)13(16-9)15-7-12-8-18(3)17-10(12)2/h4-5,8H,7H2,1-3H3,(H,15,16). The maximum Gasteiger partial charge on any atom is 0.144 e. The first kappa shape index (κ1) is 12.1. The van der Waals surface area contributed by atoms with Gasteiger partial charge in [0, 0.05) is 31.0 Å². The van der Waals surface area contributed by atoms with E-state index in [1.165, 1.54) is 0 Å². The van der Waals surface area contributed by atoms with Crippen LogP contribution >= 0.6 is 0 Å². The Kier molecular flexibility index (Phi) is 3.28. The lowest BCUT2D eigenvalue weighted by Gasteiger charge is -2.07. The van der Waals surface area contributed by atoms with Crippen LogP contribution in [0.25, 0.3) is 0 Å². The van der Waals surface area contributed by atoms with E-state index in [4.69, 9.17) is 5.26 Å². The van der Waals surface area contributed by atoms with Crippen LogP contribution in [0, 0.1) is 25.2 Å². The monoisotopic (exact) mass is 241 g/mol. The minimum Gasteiger partial charge on any atom is -0.365 e. The number of pyridine rings is 1. The van der Waals surface area contributed by atoms with E-state index in [0.29, 0.717) is 17.9 Å². The molecule has 0 unspecified atom stereocenters. The molecule has 0 aliphatic carbocycles. The Balaban J connectivity index is 2.18. The number of hydrogen-bond donors (Lipinski definition) is 1. The second-order valence-corrected chi connectivity index (χ2v) is 4.23. The van der Waals surface area contributed by atoms with Crippen LogP contribution < -0.4 is 5.32 Å². The van der Waals surface area contributed by atoms with Crippen LogP contribution in [0.1, 0.15) is 22.5 Å². The Bertz CT molecular complexity index is 606. The van der Waals surface area contributed by atoms with Gasteiger partial charge in [0.1, 0.15) is 11.9 Å². The first-order valence-electron chi connectivity index (χ1n) is 5.71.